The number of methoxy groups -OCH3 is 1. The second-order valence-corrected chi connectivity index (χ2v) is 9.78. The number of hydrogen-bond acceptors (Lipinski definition) is 8. The number of piperidine rings is 1. The van der Waals surface area contributed by atoms with Crippen LogP contribution in [0.1, 0.15) is 56.2 Å². The highest BCUT2D eigenvalue weighted by Crippen LogP contribution is 2.35. The summed E-state index contributed by atoms with van der Waals surface area (Å²) in [6, 6.07) is 13.5. The number of hydrogen-bond donors (Lipinski definition) is 2. The molecule has 206 valence electrons. The number of carbonyl (C=O) groups is 2. The normalized spacial score (nSPS) is 16.4. The molecule has 39 heavy (non-hydrogen) atoms. The van der Waals surface area contributed by atoms with E-state index in [4.69, 9.17) is 15.2 Å². The average molecular weight is 532 g/mol. The van der Waals surface area contributed by atoms with Gasteiger partial charge < -0.3 is 20.5 Å². The molecule has 0 saturated carbocycles. The Kier molecular flexibility index (Phi) is 9.49. The molecule has 1 amide bonds. The molecule has 9 nitrogen and oxygen atoms in total. The monoisotopic (exact) mass is 531 g/mol. The summed E-state index contributed by atoms with van der Waals surface area (Å²) < 4.78 is 11.1. The van der Waals surface area contributed by atoms with Gasteiger partial charge in [-0.25, -0.2) is 9.97 Å². The fourth-order valence-corrected chi connectivity index (χ4v) is 5.09. The van der Waals surface area contributed by atoms with Crippen molar-refractivity contribution in [3.8, 4) is 5.75 Å². The lowest BCUT2D eigenvalue weighted by molar-refractivity contribution is -0.148. The first-order valence-corrected chi connectivity index (χ1v) is 13.5. The Labute approximate surface area is 229 Å². The first-order chi connectivity index (χ1) is 18.9. The number of benzene rings is 2. The van der Waals surface area contributed by atoms with Crippen molar-refractivity contribution in [3.63, 3.8) is 0 Å². The molecule has 0 aliphatic carbocycles. The summed E-state index contributed by atoms with van der Waals surface area (Å²) in [5.74, 6) is 0.131. The van der Waals surface area contributed by atoms with Crippen molar-refractivity contribution in [2.45, 2.75) is 51.0 Å². The van der Waals surface area contributed by atoms with Gasteiger partial charge in [-0.15, -0.1) is 0 Å². The number of fused-ring (bicyclic) bond motifs is 1. The van der Waals surface area contributed by atoms with E-state index < -0.39 is 0 Å². The van der Waals surface area contributed by atoms with Gasteiger partial charge in [0, 0.05) is 17.4 Å². The molecule has 2 aromatic carbocycles. The Bertz CT molecular complexity index is 1310. The van der Waals surface area contributed by atoms with Crippen LogP contribution in [0.2, 0.25) is 0 Å². The van der Waals surface area contributed by atoms with E-state index in [0.717, 1.165) is 61.8 Å². The molecule has 1 aromatic heterocycles. The molecule has 1 aliphatic rings. The van der Waals surface area contributed by atoms with Crippen LogP contribution in [0, 0.1) is 0 Å². The third-order valence-electron chi connectivity index (χ3n) is 7.18. The Morgan fingerprint density at radius 2 is 2.00 bits per heavy atom. The van der Waals surface area contributed by atoms with Gasteiger partial charge in [0.1, 0.15) is 11.8 Å². The number of anilines is 2. The van der Waals surface area contributed by atoms with Crippen LogP contribution in [0.4, 0.5) is 11.6 Å². The van der Waals surface area contributed by atoms with Crippen molar-refractivity contribution in [2.75, 3.05) is 37.9 Å². The molecule has 1 aliphatic heterocycles. The number of rotatable bonds is 11. The smallest absolute Gasteiger partial charge is 0.323 e. The summed E-state index contributed by atoms with van der Waals surface area (Å²) in [6.07, 6.45) is 5.83. The topological polar surface area (TPSA) is 120 Å². The zero-order chi connectivity index (χ0) is 27.8. The van der Waals surface area contributed by atoms with Gasteiger partial charge in [-0.2, -0.15) is 0 Å². The molecule has 0 spiro atoms. The van der Waals surface area contributed by atoms with E-state index in [1.165, 1.54) is 13.2 Å². The molecule has 9 heteroatoms. The van der Waals surface area contributed by atoms with Crippen LogP contribution < -0.4 is 15.8 Å². The lowest BCUT2D eigenvalue weighted by atomic mass is 9.94. The maximum Gasteiger partial charge on any atom is 0.323 e. The molecule has 3 aromatic rings. The minimum Gasteiger partial charge on any atom is -0.491 e. The zero-order valence-corrected chi connectivity index (χ0v) is 22.7. The molecular formula is C30H37N5O4. The van der Waals surface area contributed by atoms with Gasteiger partial charge in [0.15, 0.2) is 0 Å². The van der Waals surface area contributed by atoms with Crippen LogP contribution in [0.5, 0.6) is 5.75 Å². The quantitative estimate of drug-likeness (QED) is 0.208. The van der Waals surface area contributed by atoms with Crippen LogP contribution in [0.3, 0.4) is 0 Å². The predicted octanol–water partition coefficient (Wildman–Crippen LogP) is 4.67. The third kappa shape index (κ3) is 6.92. The Hall–Kier alpha value is -3.98. The summed E-state index contributed by atoms with van der Waals surface area (Å²) in [4.78, 5) is 35.6. The van der Waals surface area contributed by atoms with E-state index in [2.05, 4.69) is 33.7 Å². The number of nitrogen functional groups attached to an aromatic ring is 1. The Morgan fingerprint density at radius 1 is 1.21 bits per heavy atom. The van der Waals surface area contributed by atoms with Crippen molar-refractivity contribution < 1.29 is 19.1 Å². The fourth-order valence-electron chi connectivity index (χ4n) is 5.09. The number of aromatic nitrogens is 2. The second-order valence-electron chi connectivity index (χ2n) is 9.78. The first kappa shape index (κ1) is 28.0. The predicted molar refractivity (Wildman–Crippen MR) is 153 cm³/mol. The number of carbonyl (C=O) groups excluding carboxylic acids is 2. The zero-order valence-electron chi connectivity index (χ0n) is 22.7. The minimum atomic E-state index is -0.341. The van der Waals surface area contributed by atoms with Gasteiger partial charge in [-0.05, 0) is 56.5 Å². The lowest BCUT2D eigenvalue weighted by Gasteiger charge is -2.33. The van der Waals surface area contributed by atoms with E-state index in [-0.39, 0.29) is 29.8 Å². The van der Waals surface area contributed by atoms with Crippen LogP contribution >= 0.6 is 0 Å². The highest BCUT2D eigenvalue weighted by molar-refractivity contribution is 6.02. The van der Waals surface area contributed by atoms with Gasteiger partial charge in [-0.1, -0.05) is 50.3 Å². The SMILES string of the molecule is C=CC(=O)Nc1cc2c(C(C)c3ccccc3)nc(N)nc2cc1OCCCCN1CCCCC1C(=O)OC. The largest absolute Gasteiger partial charge is 0.491 e. The van der Waals surface area contributed by atoms with Crippen LogP contribution in [0.15, 0.2) is 55.1 Å². The number of unbranched alkanes of at least 4 members (excludes halogenated alkanes) is 1. The van der Waals surface area contributed by atoms with Gasteiger partial charge in [0.25, 0.3) is 0 Å². The lowest BCUT2D eigenvalue weighted by Crippen LogP contribution is -2.45. The maximum absolute atomic E-state index is 12.2. The maximum atomic E-state index is 12.2. The molecule has 2 unspecified atom stereocenters. The average Bonchev–Trinajstić information content (AvgIpc) is 2.96. The molecule has 3 N–H and O–H groups in total. The number of amides is 1. The molecular weight excluding hydrogens is 494 g/mol. The summed E-state index contributed by atoms with van der Waals surface area (Å²) >= 11 is 0. The number of nitrogens with zero attached hydrogens (tertiary/aromatic N) is 3. The minimum absolute atomic E-state index is 0.0441. The van der Waals surface area contributed by atoms with E-state index in [0.29, 0.717) is 23.6 Å². The van der Waals surface area contributed by atoms with Crippen molar-refractivity contribution in [2.24, 2.45) is 0 Å². The van der Waals surface area contributed by atoms with Crippen LogP contribution in [0.25, 0.3) is 10.9 Å². The van der Waals surface area contributed by atoms with Gasteiger partial charge in [-0.3, -0.25) is 14.5 Å². The van der Waals surface area contributed by atoms with Gasteiger partial charge >= 0.3 is 5.97 Å². The number of esters is 1. The van der Waals surface area contributed by atoms with Crippen molar-refractivity contribution in [1.29, 1.82) is 0 Å². The standard InChI is InChI=1S/C30H37N5O4/c1-4-27(36)32-24-18-22-23(33-30(31)34-28(22)20(2)21-12-6-5-7-13-21)19-26(24)39-17-11-10-16-35-15-9-8-14-25(35)29(37)38-3/h4-7,12-13,18-20,25H,1,8-11,14-17H2,2-3H3,(H,32,36)(H2,31,33,34). The molecule has 1 fully saturated rings. The molecule has 1 saturated heterocycles. The van der Waals surface area contributed by atoms with Gasteiger partial charge in [0.2, 0.25) is 11.9 Å². The highest BCUT2D eigenvalue weighted by atomic mass is 16.5. The highest BCUT2D eigenvalue weighted by Gasteiger charge is 2.28. The van der Waals surface area contributed by atoms with Crippen LogP contribution in [-0.2, 0) is 14.3 Å². The van der Waals surface area contributed by atoms with E-state index in [1.54, 1.807) is 6.07 Å². The van der Waals surface area contributed by atoms with Crippen molar-refractivity contribution >= 4 is 34.4 Å². The summed E-state index contributed by atoms with van der Waals surface area (Å²) in [5, 5.41) is 3.65. The van der Waals surface area contributed by atoms with Crippen molar-refractivity contribution in [3.05, 3.63) is 66.4 Å². The summed E-state index contributed by atoms with van der Waals surface area (Å²) in [5.41, 5.74) is 9.12. The Balaban J connectivity index is 1.52. The number of likely N-dealkylation sites (tertiary alicyclic amines) is 1. The molecule has 2 atom stereocenters. The number of nitrogens with one attached hydrogen (secondary N) is 1. The first-order valence-electron chi connectivity index (χ1n) is 13.5. The molecule has 4 rings (SSSR count). The number of ether oxygens (including phenoxy) is 2. The van der Waals surface area contributed by atoms with E-state index in [1.807, 2.05) is 36.4 Å². The van der Waals surface area contributed by atoms with Crippen molar-refractivity contribution in [1.82, 2.24) is 14.9 Å². The number of nitrogens with two attached hydrogens (primary N) is 1. The molecule has 0 radical (unpaired) electrons. The summed E-state index contributed by atoms with van der Waals surface area (Å²) in [6.45, 7) is 7.77. The second kappa shape index (κ2) is 13.2. The molecule has 0 bridgehead atoms. The third-order valence-corrected chi connectivity index (χ3v) is 7.18. The van der Waals surface area contributed by atoms with E-state index >= 15 is 0 Å². The summed E-state index contributed by atoms with van der Waals surface area (Å²) in [7, 11) is 1.44. The van der Waals surface area contributed by atoms with Gasteiger partial charge in [0.05, 0.1) is 30.6 Å². The molecule has 2 heterocycles. The van der Waals surface area contributed by atoms with E-state index in [9.17, 15) is 9.59 Å². The van der Waals surface area contributed by atoms with Crippen LogP contribution in [-0.4, -0.2) is 59.6 Å². The fraction of sp³-hybridized carbons (Fsp3) is 0.400. The Morgan fingerprint density at radius 3 is 2.74 bits per heavy atom.